The zero-order valence-corrected chi connectivity index (χ0v) is 14.9. The lowest BCUT2D eigenvalue weighted by molar-refractivity contribution is -0.321. The highest BCUT2D eigenvalue weighted by molar-refractivity contribution is 4.83. The quantitative estimate of drug-likeness (QED) is 0.781. The van der Waals surface area contributed by atoms with Crippen molar-refractivity contribution >= 4 is 0 Å². The molecule has 2 heterocycles. The maximum Gasteiger partial charge on any atom is 0.169 e. The van der Waals surface area contributed by atoms with Crippen molar-refractivity contribution in [3.05, 3.63) is 0 Å². The van der Waals surface area contributed by atoms with Gasteiger partial charge in [0.2, 0.25) is 0 Å². The van der Waals surface area contributed by atoms with E-state index < -0.39 is 0 Å². The van der Waals surface area contributed by atoms with Crippen LogP contribution in [0.4, 0.5) is 0 Å². The summed E-state index contributed by atoms with van der Waals surface area (Å²) in [5.41, 5.74) is 0. The molecular formula is C17H36O4. The SMILES string of the molecule is CC.CC.COCC1CCCC2(CCCC(COC)O2)O1. The van der Waals surface area contributed by atoms with Crippen LogP contribution < -0.4 is 0 Å². The first-order valence-electron chi connectivity index (χ1n) is 8.61. The summed E-state index contributed by atoms with van der Waals surface area (Å²) in [7, 11) is 3.44. The van der Waals surface area contributed by atoms with Crippen LogP contribution in [0.15, 0.2) is 0 Å². The van der Waals surface area contributed by atoms with Crippen LogP contribution in [-0.4, -0.2) is 45.4 Å². The predicted molar refractivity (Wildman–Crippen MR) is 86.6 cm³/mol. The fourth-order valence-corrected chi connectivity index (χ4v) is 2.92. The zero-order chi connectivity index (χ0) is 16.1. The number of hydrogen-bond donors (Lipinski definition) is 0. The minimum absolute atomic E-state index is 0.190. The van der Waals surface area contributed by atoms with Crippen LogP contribution in [-0.2, 0) is 18.9 Å². The summed E-state index contributed by atoms with van der Waals surface area (Å²) in [5, 5.41) is 0. The van der Waals surface area contributed by atoms with E-state index in [4.69, 9.17) is 18.9 Å². The van der Waals surface area contributed by atoms with Gasteiger partial charge < -0.3 is 18.9 Å². The lowest BCUT2D eigenvalue weighted by Gasteiger charge is -2.45. The number of hydrogen-bond acceptors (Lipinski definition) is 4. The summed E-state index contributed by atoms with van der Waals surface area (Å²) >= 11 is 0. The highest BCUT2D eigenvalue weighted by Gasteiger charge is 2.42. The van der Waals surface area contributed by atoms with Gasteiger partial charge in [0.05, 0.1) is 25.4 Å². The molecule has 2 unspecified atom stereocenters. The molecule has 1 spiro atoms. The Kier molecular flexibility index (Phi) is 12.3. The molecule has 128 valence electrons. The van der Waals surface area contributed by atoms with E-state index >= 15 is 0 Å². The summed E-state index contributed by atoms with van der Waals surface area (Å²) in [6, 6.07) is 0. The second-order valence-electron chi connectivity index (χ2n) is 5.09. The summed E-state index contributed by atoms with van der Waals surface area (Å²) in [6.45, 7) is 9.33. The Morgan fingerprint density at radius 3 is 1.52 bits per heavy atom. The van der Waals surface area contributed by atoms with Crippen molar-refractivity contribution in [2.75, 3.05) is 27.4 Å². The fourth-order valence-electron chi connectivity index (χ4n) is 2.92. The highest BCUT2D eigenvalue weighted by atomic mass is 16.7. The molecule has 0 aromatic carbocycles. The average molecular weight is 304 g/mol. The maximum absolute atomic E-state index is 6.13. The van der Waals surface area contributed by atoms with Gasteiger partial charge in [-0.05, 0) is 25.7 Å². The smallest absolute Gasteiger partial charge is 0.169 e. The molecule has 2 aliphatic rings. The molecule has 2 fully saturated rings. The molecule has 2 saturated heterocycles. The van der Waals surface area contributed by atoms with Crippen LogP contribution in [0.5, 0.6) is 0 Å². The summed E-state index contributed by atoms with van der Waals surface area (Å²) in [4.78, 5) is 0. The Hall–Kier alpha value is -0.160. The van der Waals surface area contributed by atoms with E-state index in [1.165, 1.54) is 0 Å². The Morgan fingerprint density at radius 2 is 1.19 bits per heavy atom. The standard InChI is InChI=1S/C13H24O4.2C2H6/c1-14-9-11-5-3-7-13(16-11)8-4-6-12(17-13)10-15-2;2*1-2/h11-12H,3-10H2,1-2H3;2*1-2H3. The lowest BCUT2D eigenvalue weighted by Crippen LogP contribution is -2.49. The average Bonchev–Trinajstić information content (AvgIpc) is 2.52. The van der Waals surface area contributed by atoms with E-state index in [9.17, 15) is 0 Å². The largest absolute Gasteiger partial charge is 0.382 e. The van der Waals surface area contributed by atoms with E-state index in [1.807, 2.05) is 27.7 Å². The Labute approximate surface area is 131 Å². The predicted octanol–water partition coefficient (Wildman–Crippen LogP) is 4.17. The summed E-state index contributed by atoms with van der Waals surface area (Å²) in [6.07, 6.45) is 6.87. The molecule has 0 bridgehead atoms. The van der Waals surface area contributed by atoms with Gasteiger partial charge in [-0.2, -0.15) is 0 Å². The lowest BCUT2D eigenvalue weighted by atomic mass is 9.93. The van der Waals surface area contributed by atoms with E-state index in [1.54, 1.807) is 14.2 Å². The van der Waals surface area contributed by atoms with Gasteiger partial charge in [0, 0.05) is 27.1 Å². The number of ether oxygens (including phenoxy) is 4. The Bertz CT molecular complexity index is 205. The van der Waals surface area contributed by atoms with E-state index in [-0.39, 0.29) is 18.0 Å². The molecule has 2 aliphatic heterocycles. The van der Waals surface area contributed by atoms with Crippen molar-refractivity contribution in [2.45, 2.75) is 84.2 Å². The summed E-state index contributed by atoms with van der Waals surface area (Å²) in [5.74, 6) is -0.358. The molecule has 4 heteroatoms. The second kappa shape index (κ2) is 12.4. The van der Waals surface area contributed by atoms with Crippen LogP contribution in [0.25, 0.3) is 0 Å². The van der Waals surface area contributed by atoms with Crippen molar-refractivity contribution in [3.8, 4) is 0 Å². The van der Waals surface area contributed by atoms with Gasteiger partial charge in [0.15, 0.2) is 5.79 Å². The van der Waals surface area contributed by atoms with Gasteiger partial charge in [0.1, 0.15) is 0 Å². The molecular weight excluding hydrogens is 268 g/mol. The van der Waals surface area contributed by atoms with Crippen molar-refractivity contribution in [2.24, 2.45) is 0 Å². The van der Waals surface area contributed by atoms with Crippen LogP contribution in [0.3, 0.4) is 0 Å². The second-order valence-corrected chi connectivity index (χ2v) is 5.09. The highest BCUT2D eigenvalue weighted by Crippen LogP contribution is 2.39. The molecule has 0 amide bonds. The molecule has 21 heavy (non-hydrogen) atoms. The monoisotopic (exact) mass is 304 g/mol. The van der Waals surface area contributed by atoms with E-state index in [2.05, 4.69) is 0 Å². The van der Waals surface area contributed by atoms with Gasteiger partial charge in [-0.15, -0.1) is 0 Å². The van der Waals surface area contributed by atoms with Crippen LogP contribution in [0, 0.1) is 0 Å². The minimum atomic E-state index is -0.358. The van der Waals surface area contributed by atoms with Crippen LogP contribution in [0.1, 0.15) is 66.2 Å². The normalized spacial score (nSPS) is 31.7. The first kappa shape index (κ1) is 20.8. The first-order valence-corrected chi connectivity index (χ1v) is 8.61. The fraction of sp³-hybridized carbons (Fsp3) is 1.00. The third-order valence-electron chi connectivity index (χ3n) is 3.64. The van der Waals surface area contributed by atoms with E-state index in [0.717, 1.165) is 38.5 Å². The van der Waals surface area contributed by atoms with Gasteiger partial charge in [-0.3, -0.25) is 0 Å². The van der Waals surface area contributed by atoms with Crippen molar-refractivity contribution in [3.63, 3.8) is 0 Å². The van der Waals surface area contributed by atoms with Gasteiger partial charge in [0.25, 0.3) is 0 Å². The first-order chi connectivity index (χ1) is 10.3. The molecule has 0 radical (unpaired) electrons. The van der Waals surface area contributed by atoms with Gasteiger partial charge >= 0.3 is 0 Å². The molecule has 0 aliphatic carbocycles. The van der Waals surface area contributed by atoms with Gasteiger partial charge in [-0.25, -0.2) is 0 Å². The maximum atomic E-state index is 6.13. The van der Waals surface area contributed by atoms with Crippen molar-refractivity contribution in [1.29, 1.82) is 0 Å². The van der Waals surface area contributed by atoms with Crippen molar-refractivity contribution < 1.29 is 18.9 Å². The van der Waals surface area contributed by atoms with Crippen molar-refractivity contribution in [1.82, 2.24) is 0 Å². The van der Waals surface area contributed by atoms with Crippen LogP contribution >= 0.6 is 0 Å². The topological polar surface area (TPSA) is 36.9 Å². The third-order valence-corrected chi connectivity index (χ3v) is 3.64. The molecule has 0 saturated carbocycles. The molecule has 0 aromatic heterocycles. The number of rotatable bonds is 4. The molecule has 4 nitrogen and oxygen atoms in total. The zero-order valence-electron chi connectivity index (χ0n) is 14.9. The van der Waals surface area contributed by atoms with Gasteiger partial charge in [-0.1, -0.05) is 27.7 Å². The molecule has 0 aromatic rings. The Morgan fingerprint density at radius 1 is 0.810 bits per heavy atom. The third kappa shape index (κ3) is 7.09. The molecule has 2 rings (SSSR count). The molecule has 0 N–H and O–H groups in total. The Balaban J connectivity index is 0.000000921. The summed E-state index contributed by atoms with van der Waals surface area (Å²) < 4.78 is 22.6. The minimum Gasteiger partial charge on any atom is -0.382 e. The van der Waals surface area contributed by atoms with E-state index in [0.29, 0.717) is 13.2 Å². The number of methoxy groups -OCH3 is 2. The molecule has 2 atom stereocenters. The van der Waals surface area contributed by atoms with Crippen LogP contribution in [0.2, 0.25) is 0 Å².